The Labute approximate surface area is 163 Å². The van der Waals surface area contributed by atoms with E-state index in [1.807, 2.05) is 25.1 Å². The number of methoxy groups -OCH3 is 1. The topological polar surface area (TPSA) is 81.9 Å². The molecule has 140 valence electrons. The van der Waals surface area contributed by atoms with Crippen molar-refractivity contribution in [1.29, 1.82) is 0 Å². The maximum absolute atomic E-state index is 13.1. The number of thioether (sulfide) groups is 1. The highest BCUT2D eigenvalue weighted by atomic mass is 35.5. The van der Waals surface area contributed by atoms with E-state index >= 15 is 0 Å². The third-order valence-corrected chi connectivity index (χ3v) is 4.77. The Balaban J connectivity index is 1.72. The Hall–Kier alpha value is -2.65. The van der Waals surface area contributed by atoms with Gasteiger partial charge in [-0.3, -0.25) is 4.79 Å². The van der Waals surface area contributed by atoms with Gasteiger partial charge in [-0.15, -0.1) is 5.10 Å². The fourth-order valence-electron chi connectivity index (χ4n) is 2.29. The van der Waals surface area contributed by atoms with Crippen LogP contribution in [-0.2, 0) is 4.79 Å². The molecule has 0 saturated heterocycles. The van der Waals surface area contributed by atoms with Crippen LogP contribution in [0.4, 0.5) is 10.1 Å². The highest BCUT2D eigenvalue weighted by molar-refractivity contribution is 7.99. The monoisotopic (exact) mass is 407 g/mol. The fraction of sp³-hybridized carbons (Fsp3) is 0.176. The van der Waals surface area contributed by atoms with Crippen molar-refractivity contribution in [3.05, 3.63) is 52.8 Å². The molecular formula is C17H15ClFN5O2S. The van der Waals surface area contributed by atoms with Gasteiger partial charge in [0.05, 0.1) is 23.6 Å². The predicted octanol–water partition coefficient (Wildman–Crippen LogP) is 3.50. The maximum Gasteiger partial charge on any atom is 0.234 e. The molecule has 10 heteroatoms. The van der Waals surface area contributed by atoms with Crippen molar-refractivity contribution in [1.82, 2.24) is 20.2 Å². The summed E-state index contributed by atoms with van der Waals surface area (Å²) in [5, 5.41) is 14.8. The van der Waals surface area contributed by atoms with E-state index in [2.05, 4.69) is 20.8 Å². The summed E-state index contributed by atoms with van der Waals surface area (Å²) in [6.07, 6.45) is 0. The third kappa shape index (κ3) is 4.55. The summed E-state index contributed by atoms with van der Waals surface area (Å²) >= 11 is 7.07. The first kappa shape index (κ1) is 19.1. The number of carbonyl (C=O) groups excluding carboxylic acids is 1. The minimum absolute atomic E-state index is 0.0439. The van der Waals surface area contributed by atoms with E-state index in [0.29, 0.717) is 22.3 Å². The summed E-state index contributed by atoms with van der Waals surface area (Å²) in [7, 11) is 1.56. The maximum atomic E-state index is 13.1. The number of benzene rings is 2. The highest BCUT2D eigenvalue weighted by Gasteiger charge is 2.15. The number of hydrogen-bond acceptors (Lipinski definition) is 6. The first-order chi connectivity index (χ1) is 13.0. The second-order valence-corrected chi connectivity index (χ2v) is 6.86. The van der Waals surface area contributed by atoms with Gasteiger partial charge in [-0.1, -0.05) is 29.4 Å². The third-order valence-electron chi connectivity index (χ3n) is 3.54. The second-order valence-electron chi connectivity index (χ2n) is 5.51. The van der Waals surface area contributed by atoms with Gasteiger partial charge in [0.2, 0.25) is 11.1 Å². The number of aromatic nitrogens is 4. The Bertz CT molecular complexity index is 982. The standard InChI is InChI=1S/C17H15ClFN5O2S/c1-10-3-6-15(26-2)14(7-10)24-17(21-22-23-24)27-9-16(25)20-13-5-4-11(19)8-12(13)18/h3-8H,9H2,1-2H3,(H,20,25). The van der Waals surface area contributed by atoms with Gasteiger partial charge < -0.3 is 10.1 Å². The fourth-order valence-corrected chi connectivity index (χ4v) is 3.19. The predicted molar refractivity (Wildman–Crippen MR) is 101 cm³/mol. The number of ether oxygens (including phenoxy) is 1. The van der Waals surface area contributed by atoms with E-state index < -0.39 is 5.82 Å². The molecule has 0 unspecified atom stereocenters. The van der Waals surface area contributed by atoms with Crippen molar-refractivity contribution in [2.75, 3.05) is 18.2 Å². The Morgan fingerprint density at radius 1 is 1.33 bits per heavy atom. The largest absolute Gasteiger partial charge is 0.494 e. The van der Waals surface area contributed by atoms with Gasteiger partial charge in [0.15, 0.2) is 0 Å². The molecule has 1 aromatic heterocycles. The molecule has 1 amide bonds. The van der Waals surface area contributed by atoms with Gasteiger partial charge in [0.25, 0.3) is 0 Å². The number of carbonyl (C=O) groups is 1. The van der Waals surface area contributed by atoms with Crippen LogP contribution in [0.3, 0.4) is 0 Å². The van der Waals surface area contributed by atoms with Crippen LogP contribution >= 0.6 is 23.4 Å². The molecule has 0 aliphatic rings. The normalized spacial score (nSPS) is 10.7. The van der Waals surface area contributed by atoms with Crippen molar-refractivity contribution in [2.45, 2.75) is 12.1 Å². The summed E-state index contributed by atoms with van der Waals surface area (Å²) in [6.45, 7) is 1.94. The van der Waals surface area contributed by atoms with Crippen LogP contribution in [0, 0.1) is 12.7 Å². The minimum atomic E-state index is -0.473. The van der Waals surface area contributed by atoms with Gasteiger partial charge in [0, 0.05) is 0 Å². The van der Waals surface area contributed by atoms with Gasteiger partial charge in [-0.2, -0.15) is 4.68 Å². The van der Waals surface area contributed by atoms with Crippen molar-refractivity contribution < 1.29 is 13.9 Å². The lowest BCUT2D eigenvalue weighted by atomic mass is 10.2. The van der Waals surface area contributed by atoms with E-state index in [9.17, 15) is 9.18 Å². The molecule has 0 radical (unpaired) electrons. The van der Waals surface area contributed by atoms with Crippen molar-refractivity contribution in [3.8, 4) is 11.4 Å². The van der Waals surface area contributed by atoms with E-state index in [1.54, 1.807) is 7.11 Å². The Kier molecular flexibility index (Phi) is 5.92. The Morgan fingerprint density at radius 2 is 2.15 bits per heavy atom. The molecular weight excluding hydrogens is 393 g/mol. The lowest BCUT2D eigenvalue weighted by Gasteiger charge is -2.10. The van der Waals surface area contributed by atoms with Crippen LogP contribution in [0.25, 0.3) is 5.69 Å². The van der Waals surface area contributed by atoms with Gasteiger partial charge in [-0.25, -0.2) is 4.39 Å². The van der Waals surface area contributed by atoms with E-state index in [0.717, 1.165) is 23.4 Å². The first-order valence-corrected chi connectivity index (χ1v) is 9.15. The smallest absolute Gasteiger partial charge is 0.234 e. The molecule has 0 saturated carbocycles. The van der Waals surface area contributed by atoms with Crippen molar-refractivity contribution >= 4 is 35.0 Å². The number of halogens is 2. The SMILES string of the molecule is COc1ccc(C)cc1-n1nnnc1SCC(=O)Nc1ccc(F)cc1Cl. The molecule has 0 atom stereocenters. The number of anilines is 1. The summed E-state index contributed by atoms with van der Waals surface area (Å²) in [4.78, 5) is 12.2. The summed E-state index contributed by atoms with van der Waals surface area (Å²) < 4.78 is 19.9. The molecule has 27 heavy (non-hydrogen) atoms. The molecule has 2 aromatic carbocycles. The second kappa shape index (κ2) is 8.36. The van der Waals surface area contributed by atoms with E-state index in [-0.39, 0.29) is 16.7 Å². The molecule has 0 fully saturated rings. The van der Waals surface area contributed by atoms with Crippen molar-refractivity contribution in [2.24, 2.45) is 0 Å². The molecule has 7 nitrogen and oxygen atoms in total. The lowest BCUT2D eigenvalue weighted by Crippen LogP contribution is -2.15. The van der Waals surface area contributed by atoms with Crippen LogP contribution in [0.5, 0.6) is 5.75 Å². The number of nitrogens with zero attached hydrogens (tertiary/aromatic N) is 4. The zero-order valence-corrected chi connectivity index (χ0v) is 16.0. The zero-order chi connectivity index (χ0) is 19.4. The first-order valence-electron chi connectivity index (χ1n) is 7.79. The molecule has 0 aliphatic heterocycles. The minimum Gasteiger partial charge on any atom is -0.494 e. The van der Waals surface area contributed by atoms with Crippen LogP contribution < -0.4 is 10.1 Å². The molecule has 0 bridgehead atoms. The molecule has 3 rings (SSSR count). The van der Waals surface area contributed by atoms with Crippen LogP contribution in [0.1, 0.15) is 5.56 Å². The van der Waals surface area contributed by atoms with Crippen LogP contribution in [0.15, 0.2) is 41.6 Å². The number of aryl methyl sites for hydroxylation is 1. The van der Waals surface area contributed by atoms with Gasteiger partial charge in [-0.05, 0) is 53.2 Å². The molecule has 3 aromatic rings. The Morgan fingerprint density at radius 3 is 2.89 bits per heavy atom. The highest BCUT2D eigenvalue weighted by Crippen LogP contribution is 2.27. The quantitative estimate of drug-likeness (QED) is 0.630. The van der Waals surface area contributed by atoms with Crippen LogP contribution in [0.2, 0.25) is 5.02 Å². The molecule has 1 N–H and O–H groups in total. The van der Waals surface area contributed by atoms with Gasteiger partial charge >= 0.3 is 0 Å². The summed E-state index contributed by atoms with van der Waals surface area (Å²) in [5.74, 6) is -0.141. The number of tetrazole rings is 1. The lowest BCUT2D eigenvalue weighted by molar-refractivity contribution is -0.113. The van der Waals surface area contributed by atoms with Crippen LogP contribution in [-0.4, -0.2) is 39.0 Å². The number of hydrogen-bond donors (Lipinski definition) is 1. The summed E-state index contributed by atoms with van der Waals surface area (Å²) in [5.41, 5.74) is 2.02. The number of rotatable bonds is 6. The van der Waals surface area contributed by atoms with E-state index in [4.69, 9.17) is 16.3 Å². The van der Waals surface area contributed by atoms with E-state index in [1.165, 1.54) is 16.8 Å². The molecule has 1 heterocycles. The molecule has 0 spiro atoms. The average Bonchev–Trinajstić information content (AvgIpc) is 3.11. The zero-order valence-electron chi connectivity index (χ0n) is 14.4. The average molecular weight is 408 g/mol. The van der Waals surface area contributed by atoms with Crippen molar-refractivity contribution in [3.63, 3.8) is 0 Å². The summed E-state index contributed by atoms with van der Waals surface area (Å²) in [6, 6.07) is 9.39. The number of amides is 1. The molecule has 0 aliphatic carbocycles. The number of nitrogens with one attached hydrogen (secondary N) is 1. The van der Waals surface area contributed by atoms with Gasteiger partial charge in [0.1, 0.15) is 17.3 Å².